The average molecular weight is 965 g/mol. The largest absolute Gasteiger partial charge is 0.462 e. The Morgan fingerprint density at radius 3 is 1.01 bits per heavy atom. The number of carbonyl (C=O) groups is 3. The molecule has 1 unspecified atom stereocenters. The first-order valence-electron chi connectivity index (χ1n) is 27.8. The van der Waals surface area contributed by atoms with E-state index in [4.69, 9.17) is 14.2 Å². The van der Waals surface area contributed by atoms with Crippen LogP contribution in [0.4, 0.5) is 0 Å². The molecule has 0 spiro atoms. The molecule has 0 aliphatic carbocycles. The van der Waals surface area contributed by atoms with Crippen LogP contribution in [0.25, 0.3) is 0 Å². The van der Waals surface area contributed by atoms with E-state index in [1.807, 2.05) is 12.2 Å². The zero-order chi connectivity index (χ0) is 50.7. The molecule has 1 atom stereocenters. The number of hydrogen-bond donors (Lipinski definition) is 0. The molecule has 70 heavy (non-hydrogen) atoms. The molecule has 6 heteroatoms. The van der Waals surface area contributed by atoms with Gasteiger partial charge in [-0.15, -0.1) is 0 Å². The standard InChI is InChI=1S/C64H100O6/c1-4-7-10-13-16-19-22-25-28-31-32-34-36-39-42-45-48-51-54-57-63(66)69-60-61(59-68-62(65)56-53-50-47-44-41-38-35-30-27-24-21-18-15-12-9-6-3)70-64(67)58-55-52-49-46-43-40-37-33-29-26-23-20-17-14-11-8-5-2/h7-8,10-11,16-17,19-20,25-26,28-30,32,34-35,37,39-40,42,46,48-49,51,61H,4-6,9,12-15,18,21-24,27,31,33,36,38,41,43-45,47,50,52-60H2,1-3H3/b10-7-,11-8-,19-16-,20-17-,28-25-,29-26-,34-32-,35-30-,40-37-,42-39-,49-46-,51-48-. The first-order chi connectivity index (χ1) is 34.5. The monoisotopic (exact) mass is 965 g/mol. The van der Waals surface area contributed by atoms with Crippen LogP contribution in [0.2, 0.25) is 0 Å². The summed E-state index contributed by atoms with van der Waals surface area (Å²) >= 11 is 0. The third-order valence-corrected chi connectivity index (χ3v) is 11.1. The van der Waals surface area contributed by atoms with Gasteiger partial charge in [0.05, 0.1) is 0 Å². The van der Waals surface area contributed by atoms with Crippen molar-refractivity contribution in [2.24, 2.45) is 0 Å². The Bertz CT molecular complexity index is 1580. The second-order valence-electron chi connectivity index (χ2n) is 17.7. The summed E-state index contributed by atoms with van der Waals surface area (Å²) < 4.78 is 16.7. The lowest BCUT2D eigenvalue weighted by molar-refractivity contribution is -0.166. The van der Waals surface area contributed by atoms with Crippen LogP contribution in [0.3, 0.4) is 0 Å². The number of ether oxygens (including phenoxy) is 3. The van der Waals surface area contributed by atoms with E-state index in [9.17, 15) is 14.4 Å². The van der Waals surface area contributed by atoms with Crippen LogP contribution >= 0.6 is 0 Å². The normalized spacial score (nSPS) is 13.2. The summed E-state index contributed by atoms with van der Waals surface area (Å²) in [7, 11) is 0. The predicted molar refractivity (Wildman–Crippen MR) is 302 cm³/mol. The van der Waals surface area contributed by atoms with Crippen LogP contribution in [-0.4, -0.2) is 37.2 Å². The number of esters is 3. The molecule has 0 aromatic heterocycles. The molecule has 0 radical (unpaired) electrons. The van der Waals surface area contributed by atoms with Gasteiger partial charge >= 0.3 is 17.9 Å². The van der Waals surface area contributed by atoms with Gasteiger partial charge in [0.1, 0.15) is 13.2 Å². The Hall–Kier alpha value is -4.71. The predicted octanol–water partition coefficient (Wildman–Crippen LogP) is 18.8. The smallest absolute Gasteiger partial charge is 0.306 e. The Labute approximate surface area is 429 Å². The van der Waals surface area contributed by atoms with Crippen molar-refractivity contribution in [3.05, 3.63) is 146 Å². The van der Waals surface area contributed by atoms with Crippen molar-refractivity contribution in [3.63, 3.8) is 0 Å². The lowest BCUT2D eigenvalue weighted by atomic mass is 10.1. The van der Waals surface area contributed by atoms with Crippen molar-refractivity contribution in [3.8, 4) is 0 Å². The molecular formula is C64H100O6. The summed E-state index contributed by atoms with van der Waals surface area (Å²) in [5.41, 5.74) is 0. The minimum absolute atomic E-state index is 0.134. The molecule has 0 aromatic rings. The lowest BCUT2D eigenvalue weighted by Crippen LogP contribution is -2.30. The number of hydrogen-bond acceptors (Lipinski definition) is 6. The van der Waals surface area contributed by atoms with E-state index < -0.39 is 12.1 Å². The van der Waals surface area contributed by atoms with Crippen LogP contribution in [0, 0.1) is 0 Å². The second kappa shape index (κ2) is 56.9. The van der Waals surface area contributed by atoms with E-state index in [-0.39, 0.29) is 38.0 Å². The Balaban J connectivity index is 4.63. The molecule has 0 heterocycles. The Morgan fingerprint density at radius 2 is 0.600 bits per heavy atom. The fourth-order valence-corrected chi connectivity index (χ4v) is 6.97. The number of unbranched alkanes of at least 4 members (excludes halogenated alkanes) is 13. The molecule has 0 aromatic carbocycles. The fourth-order valence-electron chi connectivity index (χ4n) is 6.97. The highest BCUT2D eigenvalue weighted by atomic mass is 16.6. The topological polar surface area (TPSA) is 78.9 Å². The van der Waals surface area contributed by atoms with Crippen molar-refractivity contribution in [2.75, 3.05) is 13.2 Å². The summed E-state index contributed by atoms with van der Waals surface area (Å²) in [6, 6.07) is 0. The zero-order valence-corrected chi connectivity index (χ0v) is 44.7. The highest BCUT2D eigenvalue weighted by Crippen LogP contribution is 2.12. The molecule has 0 bridgehead atoms. The maximum absolute atomic E-state index is 12.8. The van der Waals surface area contributed by atoms with Crippen LogP contribution < -0.4 is 0 Å². The average Bonchev–Trinajstić information content (AvgIpc) is 3.36. The molecule has 6 nitrogen and oxygen atoms in total. The van der Waals surface area contributed by atoms with Gasteiger partial charge in [0.15, 0.2) is 6.10 Å². The molecule has 392 valence electrons. The summed E-state index contributed by atoms with van der Waals surface area (Å²) in [6.45, 7) is 6.27. The molecule has 0 N–H and O–H groups in total. The molecule has 0 rings (SSSR count). The SMILES string of the molecule is CC/C=C\C/C=C\C/C=C\C/C=C\C/C=C\C/C=C\CCC(=O)OCC(COC(=O)CCCCCCC/C=C\CCCCCCCCC)OC(=O)CCC/C=C\C/C=C\C/C=C\C/C=C\C/C=C\CC. The first-order valence-corrected chi connectivity index (χ1v) is 27.8. The van der Waals surface area contributed by atoms with E-state index in [0.717, 1.165) is 109 Å². The minimum atomic E-state index is -0.848. The highest BCUT2D eigenvalue weighted by molar-refractivity contribution is 5.71. The number of carbonyl (C=O) groups excluding carboxylic acids is 3. The van der Waals surface area contributed by atoms with E-state index in [0.29, 0.717) is 19.3 Å². The van der Waals surface area contributed by atoms with Gasteiger partial charge in [0, 0.05) is 19.3 Å². The molecular weight excluding hydrogens is 865 g/mol. The van der Waals surface area contributed by atoms with Crippen molar-refractivity contribution in [1.82, 2.24) is 0 Å². The van der Waals surface area contributed by atoms with Gasteiger partial charge < -0.3 is 14.2 Å². The summed E-state index contributed by atoms with van der Waals surface area (Å²) in [4.78, 5) is 38.1. The maximum atomic E-state index is 12.8. The van der Waals surface area contributed by atoms with Gasteiger partial charge in [0.25, 0.3) is 0 Å². The number of allylic oxidation sites excluding steroid dienone is 24. The third-order valence-electron chi connectivity index (χ3n) is 11.1. The van der Waals surface area contributed by atoms with Crippen LogP contribution in [-0.2, 0) is 28.6 Å². The quantitative estimate of drug-likeness (QED) is 0.0262. The van der Waals surface area contributed by atoms with Gasteiger partial charge in [-0.1, -0.05) is 224 Å². The van der Waals surface area contributed by atoms with E-state index in [1.54, 1.807) is 0 Å². The molecule has 0 fully saturated rings. The molecule has 0 aliphatic rings. The summed E-state index contributed by atoms with van der Waals surface area (Å²) in [6.07, 6.45) is 81.4. The summed E-state index contributed by atoms with van der Waals surface area (Å²) in [5, 5.41) is 0. The molecule has 0 saturated carbocycles. The van der Waals surface area contributed by atoms with E-state index in [2.05, 4.69) is 154 Å². The first kappa shape index (κ1) is 65.3. The Kier molecular flexibility index (Phi) is 53.0. The molecule has 0 aliphatic heterocycles. The van der Waals surface area contributed by atoms with E-state index in [1.165, 1.54) is 57.8 Å². The van der Waals surface area contributed by atoms with Gasteiger partial charge in [-0.05, 0) is 122 Å². The van der Waals surface area contributed by atoms with Crippen LogP contribution in [0.5, 0.6) is 0 Å². The van der Waals surface area contributed by atoms with Crippen LogP contribution in [0.1, 0.15) is 220 Å². The zero-order valence-electron chi connectivity index (χ0n) is 44.7. The maximum Gasteiger partial charge on any atom is 0.306 e. The van der Waals surface area contributed by atoms with Crippen molar-refractivity contribution in [1.29, 1.82) is 0 Å². The minimum Gasteiger partial charge on any atom is -0.462 e. The van der Waals surface area contributed by atoms with E-state index >= 15 is 0 Å². The molecule has 0 amide bonds. The highest BCUT2D eigenvalue weighted by Gasteiger charge is 2.19. The fraction of sp³-hybridized carbons (Fsp3) is 0.578. The summed E-state index contributed by atoms with van der Waals surface area (Å²) in [5.74, 6) is -1.10. The van der Waals surface area contributed by atoms with Gasteiger partial charge in [-0.25, -0.2) is 0 Å². The van der Waals surface area contributed by atoms with Crippen molar-refractivity contribution >= 4 is 17.9 Å². The third kappa shape index (κ3) is 54.2. The van der Waals surface area contributed by atoms with Crippen molar-refractivity contribution in [2.45, 2.75) is 226 Å². The van der Waals surface area contributed by atoms with Crippen molar-refractivity contribution < 1.29 is 28.6 Å². The van der Waals surface area contributed by atoms with Gasteiger partial charge in [0.2, 0.25) is 0 Å². The molecule has 0 saturated heterocycles. The van der Waals surface area contributed by atoms with Crippen LogP contribution in [0.15, 0.2) is 146 Å². The van der Waals surface area contributed by atoms with Gasteiger partial charge in [-0.3, -0.25) is 14.4 Å². The van der Waals surface area contributed by atoms with Gasteiger partial charge in [-0.2, -0.15) is 0 Å². The second-order valence-corrected chi connectivity index (χ2v) is 17.7. The number of rotatable bonds is 48. The Morgan fingerprint density at radius 1 is 0.300 bits per heavy atom. The lowest BCUT2D eigenvalue weighted by Gasteiger charge is -2.18.